The molecule has 0 aliphatic rings. The number of rotatable bonds is 5. The Morgan fingerprint density at radius 2 is 2.30 bits per heavy atom. The minimum Gasteiger partial charge on any atom is -0.325 e. The molecule has 0 fully saturated rings. The van der Waals surface area contributed by atoms with Crippen LogP contribution in [0.15, 0.2) is 36.5 Å². The summed E-state index contributed by atoms with van der Waals surface area (Å²) in [6, 6.07) is 7.80. The number of amides is 1. The van der Waals surface area contributed by atoms with Crippen molar-refractivity contribution in [3.05, 3.63) is 48.0 Å². The van der Waals surface area contributed by atoms with E-state index < -0.39 is 0 Å². The summed E-state index contributed by atoms with van der Waals surface area (Å²) >= 11 is 1.51. The van der Waals surface area contributed by atoms with Crippen LogP contribution in [0, 0.1) is 5.82 Å². The van der Waals surface area contributed by atoms with Crippen LogP contribution in [0.3, 0.4) is 0 Å². The molecule has 1 N–H and O–H groups in total. The van der Waals surface area contributed by atoms with Crippen molar-refractivity contribution in [1.29, 1.82) is 0 Å². The number of nitrogens with zero attached hydrogens (tertiary/aromatic N) is 2. The molecule has 1 amide bonds. The summed E-state index contributed by atoms with van der Waals surface area (Å²) in [5.41, 5.74) is 1.53. The van der Waals surface area contributed by atoms with E-state index in [0.717, 1.165) is 5.69 Å². The summed E-state index contributed by atoms with van der Waals surface area (Å²) in [6.07, 6.45) is 1.73. The van der Waals surface area contributed by atoms with Gasteiger partial charge in [0.15, 0.2) is 0 Å². The number of benzene rings is 1. The topological polar surface area (TPSA) is 46.9 Å². The lowest BCUT2D eigenvalue weighted by Gasteiger charge is -2.12. The van der Waals surface area contributed by atoms with Gasteiger partial charge in [0.1, 0.15) is 5.82 Å². The summed E-state index contributed by atoms with van der Waals surface area (Å²) in [4.78, 5) is 12.0. The fraction of sp³-hybridized carbons (Fsp3) is 0.286. The van der Waals surface area contributed by atoms with E-state index in [1.807, 2.05) is 20.0 Å². The van der Waals surface area contributed by atoms with Gasteiger partial charge in [0.05, 0.1) is 5.25 Å². The smallest absolute Gasteiger partial charge is 0.237 e. The normalized spacial score (nSPS) is 12.2. The SMILES string of the molecule is C[C@H](SCc1ccnn1C)C(=O)Nc1cccc(F)c1. The average Bonchev–Trinajstić information content (AvgIpc) is 2.81. The molecule has 0 aliphatic heterocycles. The number of anilines is 1. The first-order chi connectivity index (χ1) is 9.56. The Kier molecular flexibility index (Phi) is 4.79. The van der Waals surface area contributed by atoms with E-state index in [2.05, 4.69) is 10.4 Å². The zero-order valence-corrected chi connectivity index (χ0v) is 12.2. The van der Waals surface area contributed by atoms with Gasteiger partial charge in [-0.15, -0.1) is 11.8 Å². The number of halogens is 1. The van der Waals surface area contributed by atoms with Gasteiger partial charge in [0, 0.05) is 30.4 Å². The van der Waals surface area contributed by atoms with Crippen LogP contribution >= 0.6 is 11.8 Å². The Labute approximate surface area is 121 Å². The molecule has 0 saturated carbocycles. The first kappa shape index (κ1) is 14.6. The van der Waals surface area contributed by atoms with Gasteiger partial charge >= 0.3 is 0 Å². The zero-order valence-electron chi connectivity index (χ0n) is 11.3. The predicted octanol–water partition coefficient (Wildman–Crippen LogP) is 2.82. The van der Waals surface area contributed by atoms with Crippen LogP contribution in [0.1, 0.15) is 12.6 Å². The maximum atomic E-state index is 13.0. The molecule has 0 aliphatic carbocycles. The third-order valence-corrected chi connectivity index (χ3v) is 4.04. The summed E-state index contributed by atoms with van der Waals surface area (Å²) in [5.74, 6) is 0.203. The van der Waals surface area contributed by atoms with Crippen molar-refractivity contribution >= 4 is 23.4 Å². The number of aryl methyl sites for hydroxylation is 1. The van der Waals surface area contributed by atoms with E-state index in [0.29, 0.717) is 11.4 Å². The standard InChI is InChI=1S/C14H16FN3OS/c1-10(20-9-13-6-7-16-18(13)2)14(19)17-12-5-3-4-11(15)8-12/h3-8,10H,9H2,1-2H3,(H,17,19)/t10-/m0/s1. The molecule has 106 valence electrons. The first-order valence-corrected chi connectivity index (χ1v) is 7.26. The van der Waals surface area contributed by atoms with Crippen LogP contribution in [0.25, 0.3) is 0 Å². The van der Waals surface area contributed by atoms with Crippen molar-refractivity contribution in [2.45, 2.75) is 17.9 Å². The van der Waals surface area contributed by atoms with Crippen molar-refractivity contribution in [3.63, 3.8) is 0 Å². The number of aromatic nitrogens is 2. The quantitative estimate of drug-likeness (QED) is 0.922. The fourth-order valence-electron chi connectivity index (χ4n) is 1.64. The number of thioether (sulfide) groups is 1. The highest BCUT2D eigenvalue weighted by Crippen LogP contribution is 2.19. The number of carbonyl (C=O) groups excluding carboxylic acids is 1. The Morgan fingerprint density at radius 3 is 2.95 bits per heavy atom. The molecule has 2 rings (SSSR count). The second-order valence-corrected chi connectivity index (χ2v) is 5.73. The summed E-state index contributed by atoms with van der Waals surface area (Å²) in [7, 11) is 1.87. The Bertz CT molecular complexity index is 600. The molecule has 0 radical (unpaired) electrons. The van der Waals surface area contributed by atoms with Gasteiger partial charge in [0.2, 0.25) is 5.91 Å². The first-order valence-electron chi connectivity index (χ1n) is 6.21. The number of nitrogens with one attached hydrogen (secondary N) is 1. The van der Waals surface area contributed by atoms with Gasteiger partial charge in [-0.2, -0.15) is 5.10 Å². The number of hydrogen-bond donors (Lipinski definition) is 1. The van der Waals surface area contributed by atoms with Crippen molar-refractivity contribution < 1.29 is 9.18 Å². The van der Waals surface area contributed by atoms with Crippen molar-refractivity contribution in [2.75, 3.05) is 5.32 Å². The van der Waals surface area contributed by atoms with Crippen molar-refractivity contribution in [3.8, 4) is 0 Å². The van der Waals surface area contributed by atoms with Crippen LogP contribution < -0.4 is 5.32 Å². The van der Waals surface area contributed by atoms with Gasteiger partial charge in [-0.3, -0.25) is 9.48 Å². The molecule has 2 aromatic rings. The third kappa shape index (κ3) is 3.84. The Balaban J connectivity index is 1.87. The molecule has 6 heteroatoms. The van der Waals surface area contributed by atoms with E-state index in [4.69, 9.17) is 0 Å². The number of hydrogen-bond acceptors (Lipinski definition) is 3. The third-order valence-electron chi connectivity index (χ3n) is 2.87. The molecule has 0 unspecified atom stereocenters. The number of carbonyl (C=O) groups is 1. The largest absolute Gasteiger partial charge is 0.325 e. The van der Waals surface area contributed by atoms with Gasteiger partial charge < -0.3 is 5.32 Å². The lowest BCUT2D eigenvalue weighted by molar-refractivity contribution is -0.115. The monoisotopic (exact) mass is 293 g/mol. The lowest BCUT2D eigenvalue weighted by atomic mass is 10.3. The molecule has 0 saturated heterocycles. The molecular weight excluding hydrogens is 277 g/mol. The van der Waals surface area contributed by atoms with Crippen LogP contribution in [-0.2, 0) is 17.6 Å². The molecule has 1 heterocycles. The minimum absolute atomic E-state index is 0.136. The zero-order chi connectivity index (χ0) is 14.5. The van der Waals surface area contributed by atoms with E-state index in [9.17, 15) is 9.18 Å². The Hall–Kier alpha value is -1.82. The molecule has 1 aromatic carbocycles. The molecule has 20 heavy (non-hydrogen) atoms. The van der Waals surface area contributed by atoms with E-state index in [-0.39, 0.29) is 17.0 Å². The summed E-state index contributed by atoms with van der Waals surface area (Å²) in [5, 5.41) is 6.55. The van der Waals surface area contributed by atoms with E-state index >= 15 is 0 Å². The van der Waals surface area contributed by atoms with Crippen LogP contribution in [-0.4, -0.2) is 20.9 Å². The Morgan fingerprint density at radius 1 is 1.50 bits per heavy atom. The average molecular weight is 293 g/mol. The maximum Gasteiger partial charge on any atom is 0.237 e. The van der Waals surface area contributed by atoms with E-state index in [1.54, 1.807) is 23.0 Å². The summed E-state index contributed by atoms with van der Waals surface area (Å²) in [6.45, 7) is 1.83. The molecule has 0 spiro atoms. The van der Waals surface area contributed by atoms with Crippen LogP contribution in [0.5, 0.6) is 0 Å². The van der Waals surface area contributed by atoms with Crippen molar-refractivity contribution in [2.24, 2.45) is 7.05 Å². The summed E-state index contributed by atoms with van der Waals surface area (Å²) < 4.78 is 14.8. The highest BCUT2D eigenvalue weighted by molar-refractivity contribution is 7.99. The molecule has 1 atom stereocenters. The maximum absolute atomic E-state index is 13.0. The molecule has 1 aromatic heterocycles. The highest BCUT2D eigenvalue weighted by Gasteiger charge is 2.14. The van der Waals surface area contributed by atoms with Crippen LogP contribution in [0.2, 0.25) is 0 Å². The van der Waals surface area contributed by atoms with Gasteiger partial charge in [-0.25, -0.2) is 4.39 Å². The van der Waals surface area contributed by atoms with Gasteiger partial charge in [-0.05, 0) is 31.2 Å². The van der Waals surface area contributed by atoms with Gasteiger partial charge in [0.25, 0.3) is 0 Å². The van der Waals surface area contributed by atoms with E-state index in [1.165, 1.54) is 23.9 Å². The molecular formula is C14H16FN3OS. The molecule has 0 bridgehead atoms. The fourth-order valence-corrected chi connectivity index (χ4v) is 2.55. The van der Waals surface area contributed by atoms with Crippen LogP contribution in [0.4, 0.5) is 10.1 Å². The van der Waals surface area contributed by atoms with Crippen molar-refractivity contribution in [1.82, 2.24) is 9.78 Å². The lowest BCUT2D eigenvalue weighted by Crippen LogP contribution is -2.22. The highest BCUT2D eigenvalue weighted by atomic mass is 32.2. The molecule has 4 nitrogen and oxygen atoms in total. The minimum atomic E-state index is -0.363. The predicted molar refractivity (Wildman–Crippen MR) is 79.0 cm³/mol. The second-order valence-electron chi connectivity index (χ2n) is 4.40. The second kappa shape index (κ2) is 6.56. The van der Waals surface area contributed by atoms with Gasteiger partial charge in [-0.1, -0.05) is 6.07 Å².